The predicted molar refractivity (Wildman–Crippen MR) is 74.7 cm³/mol. The predicted octanol–water partition coefficient (Wildman–Crippen LogP) is 2.82. The Bertz CT molecular complexity index is 531. The standard InChI is InChI=1S/C14H15ClN2O2/c1-18-13-3-2-8-17-14(13)12(16)9-19-11-6-4-10(15)5-7-11/h2-8,12H,9,16H2,1H3. The van der Waals surface area contributed by atoms with Crippen LogP contribution in [0.4, 0.5) is 0 Å². The summed E-state index contributed by atoms with van der Waals surface area (Å²) in [6.45, 7) is 0.314. The van der Waals surface area contributed by atoms with E-state index in [1.165, 1.54) is 0 Å². The molecule has 0 aliphatic heterocycles. The highest BCUT2D eigenvalue weighted by Gasteiger charge is 2.13. The summed E-state index contributed by atoms with van der Waals surface area (Å²) in [6.07, 6.45) is 1.68. The molecule has 0 aliphatic carbocycles. The van der Waals surface area contributed by atoms with E-state index < -0.39 is 0 Å². The van der Waals surface area contributed by atoms with Crippen LogP contribution in [0.5, 0.6) is 11.5 Å². The van der Waals surface area contributed by atoms with Gasteiger partial charge in [0.25, 0.3) is 0 Å². The molecule has 0 saturated carbocycles. The first-order chi connectivity index (χ1) is 9.20. The topological polar surface area (TPSA) is 57.4 Å². The summed E-state index contributed by atoms with van der Waals surface area (Å²) in [5.41, 5.74) is 6.74. The Labute approximate surface area is 117 Å². The van der Waals surface area contributed by atoms with E-state index in [0.717, 1.165) is 5.75 Å². The summed E-state index contributed by atoms with van der Waals surface area (Å²) in [7, 11) is 1.59. The quantitative estimate of drug-likeness (QED) is 0.914. The molecule has 1 unspecified atom stereocenters. The molecule has 0 fully saturated rings. The number of aromatic nitrogens is 1. The fraction of sp³-hybridized carbons (Fsp3) is 0.214. The summed E-state index contributed by atoms with van der Waals surface area (Å²) in [5, 5.41) is 0.669. The molecule has 2 rings (SSSR count). The molecule has 0 spiro atoms. The van der Waals surface area contributed by atoms with Gasteiger partial charge < -0.3 is 15.2 Å². The molecule has 0 bridgehead atoms. The highest BCUT2D eigenvalue weighted by atomic mass is 35.5. The first kappa shape index (κ1) is 13.6. The maximum absolute atomic E-state index is 6.06. The Kier molecular flexibility index (Phi) is 4.60. The van der Waals surface area contributed by atoms with Gasteiger partial charge in [-0.2, -0.15) is 0 Å². The van der Waals surface area contributed by atoms with Crippen LogP contribution in [0.2, 0.25) is 5.02 Å². The molecule has 2 aromatic rings. The lowest BCUT2D eigenvalue weighted by atomic mass is 10.2. The number of hydrogen-bond acceptors (Lipinski definition) is 4. The molecule has 1 atom stereocenters. The number of hydrogen-bond donors (Lipinski definition) is 1. The van der Waals surface area contributed by atoms with Crippen LogP contribution in [0.1, 0.15) is 11.7 Å². The van der Waals surface area contributed by atoms with Crippen molar-refractivity contribution in [3.8, 4) is 11.5 Å². The molecular weight excluding hydrogens is 264 g/mol. The number of methoxy groups -OCH3 is 1. The molecule has 19 heavy (non-hydrogen) atoms. The number of ether oxygens (including phenoxy) is 2. The van der Waals surface area contributed by atoms with Gasteiger partial charge in [0, 0.05) is 11.2 Å². The zero-order valence-corrected chi connectivity index (χ0v) is 11.3. The molecule has 1 heterocycles. The number of pyridine rings is 1. The van der Waals surface area contributed by atoms with Crippen molar-refractivity contribution < 1.29 is 9.47 Å². The zero-order chi connectivity index (χ0) is 13.7. The van der Waals surface area contributed by atoms with Crippen LogP contribution in [0.15, 0.2) is 42.6 Å². The van der Waals surface area contributed by atoms with Crippen molar-refractivity contribution in [3.63, 3.8) is 0 Å². The minimum absolute atomic E-state index is 0.314. The molecule has 1 aromatic carbocycles. The second-order valence-electron chi connectivity index (χ2n) is 3.96. The van der Waals surface area contributed by atoms with Crippen molar-refractivity contribution in [1.29, 1.82) is 0 Å². The van der Waals surface area contributed by atoms with E-state index in [-0.39, 0.29) is 6.04 Å². The van der Waals surface area contributed by atoms with Gasteiger partial charge in [0.05, 0.1) is 13.2 Å². The van der Waals surface area contributed by atoms with Gasteiger partial charge >= 0.3 is 0 Å². The Morgan fingerprint density at radius 1 is 1.26 bits per heavy atom. The van der Waals surface area contributed by atoms with Crippen molar-refractivity contribution in [2.24, 2.45) is 5.73 Å². The van der Waals surface area contributed by atoms with Gasteiger partial charge in [-0.05, 0) is 36.4 Å². The summed E-state index contributed by atoms with van der Waals surface area (Å²) in [4.78, 5) is 4.22. The maximum Gasteiger partial charge on any atom is 0.142 e. The maximum atomic E-state index is 6.06. The van der Waals surface area contributed by atoms with Crippen molar-refractivity contribution >= 4 is 11.6 Å². The Balaban J connectivity index is 2.01. The van der Waals surface area contributed by atoms with Gasteiger partial charge in [-0.15, -0.1) is 0 Å². The van der Waals surface area contributed by atoms with Crippen LogP contribution < -0.4 is 15.2 Å². The van der Waals surface area contributed by atoms with Gasteiger partial charge in [0.15, 0.2) is 0 Å². The molecule has 100 valence electrons. The molecule has 1 aromatic heterocycles. The van der Waals surface area contributed by atoms with Gasteiger partial charge in [0.1, 0.15) is 23.8 Å². The minimum atomic E-state index is -0.355. The number of halogens is 1. The average Bonchev–Trinajstić information content (AvgIpc) is 2.46. The van der Waals surface area contributed by atoms with E-state index in [1.807, 2.05) is 6.07 Å². The number of rotatable bonds is 5. The molecule has 0 aliphatic rings. The first-order valence-electron chi connectivity index (χ1n) is 5.83. The third-order valence-corrected chi connectivity index (χ3v) is 2.87. The molecular formula is C14H15ClN2O2. The number of nitrogens with zero attached hydrogens (tertiary/aromatic N) is 1. The second-order valence-corrected chi connectivity index (χ2v) is 4.40. The summed E-state index contributed by atoms with van der Waals surface area (Å²) in [5.74, 6) is 1.38. The van der Waals surface area contributed by atoms with Crippen LogP contribution in [0.3, 0.4) is 0 Å². The van der Waals surface area contributed by atoms with E-state index in [9.17, 15) is 0 Å². The second kappa shape index (κ2) is 6.41. The van der Waals surface area contributed by atoms with Crippen LogP contribution in [-0.2, 0) is 0 Å². The summed E-state index contributed by atoms with van der Waals surface area (Å²) < 4.78 is 10.8. The van der Waals surface area contributed by atoms with Crippen LogP contribution >= 0.6 is 11.6 Å². The molecule has 0 saturated heterocycles. The largest absolute Gasteiger partial charge is 0.495 e. The Hall–Kier alpha value is -1.78. The van der Waals surface area contributed by atoms with Crippen LogP contribution in [0.25, 0.3) is 0 Å². The highest BCUT2D eigenvalue weighted by molar-refractivity contribution is 6.30. The van der Waals surface area contributed by atoms with Crippen molar-refractivity contribution in [2.45, 2.75) is 6.04 Å². The van der Waals surface area contributed by atoms with Gasteiger partial charge in [-0.1, -0.05) is 11.6 Å². The average molecular weight is 279 g/mol. The third-order valence-electron chi connectivity index (χ3n) is 2.61. The van der Waals surface area contributed by atoms with Gasteiger partial charge in [-0.3, -0.25) is 4.98 Å². The zero-order valence-electron chi connectivity index (χ0n) is 10.5. The van der Waals surface area contributed by atoms with Gasteiger partial charge in [0.2, 0.25) is 0 Å². The van der Waals surface area contributed by atoms with E-state index in [1.54, 1.807) is 43.6 Å². The molecule has 4 nitrogen and oxygen atoms in total. The normalized spacial score (nSPS) is 11.9. The highest BCUT2D eigenvalue weighted by Crippen LogP contribution is 2.22. The number of nitrogens with two attached hydrogens (primary N) is 1. The van der Waals surface area contributed by atoms with E-state index in [2.05, 4.69) is 4.98 Å². The van der Waals surface area contributed by atoms with Crippen molar-refractivity contribution in [2.75, 3.05) is 13.7 Å². The number of benzene rings is 1. The lowest BCUT2D eigenvalue weighted by molar-refractivity contribution is 0.284. The SMILES string of the molecule is COc1cccnc1C(N)COc1ccc(Cl)cc1. The first-order valence-corrected chi connectivity index (χ1v) is 6.21. The van der Waals surface area contributed by atoms with Crippen LogP contribution in [0, 0.1) is 0 Å². The molecule has 2 N–H and O–H groups in total. The van der Waals surface area contributed by atoms with Crippen LogP contribution in [-0.4, -0.2) is 18.7 Å². The smallest absolute Gasteiger partial charge is 0.142 e. The van der Waals surface area contributed by atoms with E-state index in [4.69, 9.17) is 26.8 Å². The molecule has 5 heteroatoms. The molecule has 0 radical (unpaired) electrons. The Morgan fingerprint density at radius 2 is 2.00 bits per heavy atom. The lowest BCUT2D eigenvalue weighted by Crippen LogP contribution is -2.20. The third kappa shape index (κ3) is 3.59. The summed E-state index contributed by atoms with van der Waals surface area (Å²) in [6, 6.07) is 10.4. The fourth-order valence-corrected chi connectivity index (χ4v) is 1.78. The van der Waals surface area contributed by atoms with Crippen molar-refractivity contribution in [3.05, 3.63) is 53.3 Å². The summed E-state index contributed by atoms with van der Waals surface area (Å²) >= 11 is 5.80. The van der Waals surface area contributed by atoms with Gasteiger partial charge in [-0.25, -0.2) is 0 Å². The fourth-order valence-electron chi connectivity index (χ4n) is 1.65. The molecule has 0 amide bonds. The monoisotopic (exact) mass is 278 g/mol. The minimum Gasteiger partial charge on any atom is -0.495 e. The van der Waals surface area contributed by atoms with E-state index >= 15 is 0 Å². The van der Waals surface area contributed by atoms with E-state index in [0.29, 0.717) is 23.1 Å². The lowest BCUT2D eigenvalue weighted by Gasteiger charge is -2.15. The Morgan fingerprint density at radius 3 is 2.68 bits per heavy atom. The van der Waals surface area contributed by atoms with Crippen molar-refractivity contribution in [1.82, 2.24) is 4.98 Å².